The normalized spacial score (nSPS) is 11.3. The van der Waals surface area contributed by atoms with Gasteiger partial charge in [-0.2, -0.15) is 21.6 Å². The van der Waals surface area contributed by atoms with Gasteiger partial charge in [-0.3, -0.25) is 0 Å². The Morgan fingerprint density at radius 1 is 1.38 bits per heavy atom. The minimum absolute atomic E-state index is 0.250. The van der Waals surface area contributed by atoms with Gasteiger partial charge >= 0.3 is 0 Å². The summed E-state index contributed by atoms with van der Waals surface area (Å²) in [6, 6.07) is 11.1. The van der Waals surface area contributed by atoms with Gasteiger partial charge in [0.25, 0.3) is 5.89 Å². The molecule has 0 bridgehead atoms. The van der Waals surface area contributed by atoms with E-state index in [4.69, 9.17) is 21.4 Å². The Hall–Kier alpha value is -2.42. The van der Waals surface area contributed by atoms with Gasteiger partial charge in [0.1, 0.15) is 5.03 Å². The minimum atomic E-state index is 0.250. The molecule has 0 N–H and O–H groups in total. The smallest absolute Gasteiger partial charge is 0.269 e. The first-order valence-corrected chi connectivity index (χ1v) is 7.32. The SMILES string of the molecule is N#Cc1cccc(C=C(Cl)c2nc(-c3ccsc3)no2)c1. The average molecular weight is 314 g/mol. The fourth-order valence-electron chi connectivity index (χ4n) is 1.74. The van der Waals surface area contributed by atoms with E-state index in [0.29, 0.717) is 16.4 Å². The van der Waals surface area contributed by atoms with Crippen LogP contribution in [0, 0.1) is 11.3 Å². The highest BCUT2D eigenvalue weighted by Gasteiger charge is 2.11. The molecule has 0 saturated carbocycles. The Balaban J connectivity index is 1.89. The van der Waals surface area contributed by atoms with Crippen molar-refractivity contribution in [3.8, 4) is 17.5 Å². The van der Waals surface area contributed by atoms with Crippen LogP contribution in [-0.2, 0) is 0 Å². The third kappa shape index (κ3) is 3.02. The minimum Gasteiger partial charge on any atom is -0.333 e. The van der Waals surface area contributed by atoms with Crippen LogP contribution in [0.5, 0.6) is 0 Å². The van der Waals surface area contributed by atoms with Crippen molar-refractivity contribution in [2.45, 2.75) is 0 Å². The van der Waals surface area contributed by atoms with Crippen LogP contribution in [0.15, 0.2) is 45.6 Å². The number of nitrogens with zero attached hydrogens (tertiary/aromatic N) is 3. The summed E-state index contributed by atoms with van der Waals surface area (Å²) in [5, 5.41) is 17.0. The van der Waals surface area contributed by atoms with E-state index in [2.05, 4.69) is 16.2 Å². The number of rotatable bonds is 3. The largest absolute Gasteiger partial charge is 0.333 e. The fraction of sp³-hybridized carbons (Fsp3) is 0. The van der Waals surface area contributed by atoms with Gasteiger partial charge in [0.05, 0.1) is 11.6 Å². The second-order valence-corrected chi connectivity index (χ2v) is 5.35. The van der Waals surface area contributed by atoms with Crippen molar-refractivity contribution in [2.24, 2.45) is 0 Å². The maximum absolute atomic E-state index is 8.88. The molecule has 21 heavy (non-hydrogen) atoms. The molecule has 102 valence electrons. The summed E-state index contributed by atoms with van der Waals surface area (Å²) in [5.74, 6) is 0.754. The molecule has 0 aliphatic rings. The summed E-state index contributed by atoms with van der Waals surface area (Å²) >= 11 is 7.75. The van der Waals surface area contributed by atoms with E-state index in [0.717, 1.165) is 11.1 Å². The molecule has 0 unspecified atom stereocenters. The van der Waals surface area contributed by atoms with Crippen molar-refractivity contribution in [3.63, 3.8) is 0 Å². The molecule has 0 saturated heterocycles. The monoisotopic (exact) mass is 313 g/mol. The standard InChI is InChI=1S/C15H8ClN3OS/c16-13(7-10-2-1-3-11(6-10)8-17)15-18-14(19-20-15)12-4-5-21-9-12/h1-7,9H. The summed E-state index contributed by atoms with van der Waals surface area (Å²) in [5.41, 5.74) is 2.26. The predicted molar refractivity (Wildman–Crippen MR) is 82.5 cm³/mol. The molecule has 3 rings (SSSR count). The molecule has 1 aromatic carbocycles. The van der Waals surface area contributed by atoms with Crippen molar-refractivity contribution in [3.05, 3.63) is 58.1 Å². The number of aromatic nitrogens is 2. The van der Waals surface area contributed by atoms with E-state index in [1.165, 1.54) is 0 Å². The molecule has 4 nitrogen and oxygen atoms in total. The first-order valence-electron chi connectivity index (χ1n) is 6.00. The van der Waals surface area contributed by atoms with Crippen molar-refractivity contribution in [1.82, 2.24) is 10.1 Å². The molecule has 2 aromatic heterocycles. The lowest BCUT2D eigenvalue weighted by atomic mass is 10.1. The van der Waals surface area contributed by atoms with E-state index in [1.807, 2.05) is 22.9 Å². The Labute approximate surface area is 129 Å². The zero-order chi connectivity index (χ0) is 14.7. The number of nitriles is 1. The van der Waals surface area contributed by atoms with E-state index < -0.39 is 0 Å². The second-order valence-electron chi connectivity index (χ2n) is 4.16. The van der Waals surface area contributed by atoms with Crippen LogP contribution in [0.2, 0.25) is 0 Å². The summed E-state index contributed by atoms with van der Waals surface area (Å²) in [4.78, 5) is 4.26. The van der Waals surface area contributed by atoms with E-state index >= 15 is 0 Å². The molecule has 0 radical (unpaired) electrons. The van der Waals surface area contributed by atoms with Gasteiger partial charge in [-0.15, -0.1) is 0 Å². The number of hydrogen-bond donors (Lipinski definition) is 0. The topological polar surface area (TPSA) is 62.7 Å². The number of benzene rings is 1. The Kier molecular flexibility index (Phi) is 3.82. The summed E-state index contributed by atoms with van der Waals surface area (Å²) < 4.78 is 5.16. The highest BCUT2D eigenvalue weighted by Crippen LogP contribution is 2.25. The highest BCUT2D eigenvalue weighted by molar-refractivity contribution is 7.08. The van der Waals surface area contributed by atoms with Gasteiger partial charge < -0.3 is 4.52 Å². The van der Waals surface area contributed by atoms with Gasteiger partial charge in [0.15, 0.2) is 0 Å². The van der Waals surface area contributed by atoms with Crippen LogP contribution in [0.1, 0.15) is 17.0 Å². The summed E-state index contributed by atoms with van der Waals surface area (Å²) in [7, 11) is 0. The molecule has 0 spiro atoms. The van der Waals surface area contributed by atoms with Crippen LogP contribution in [-0.4, -0.2) is 10.1 Å². The molecule has 6 heteroatoms. The van der Waals surface area contributed by atoms with Crippen LogP contribution in [0.4, 0.5) is 0 Å². The van der Waals surface area contributed by atoms with E-state index in [9.17, 15) is 0 Å². The Morgan fingerprint density at radius 2 is 2.29 bits per heavy atom. The summed E-state index contributed by atoms with van der Waals surface area (Å²) in [6.07, 6.45) is 1.69. The quantitative estimate of drug-likeness (QED) is 0.718. The molecule has 2 heterocycles. The van der Waals surface area contributed by atoms with Gasteiger partial charge in [0.2, 0.25) is 5.82 Å². The molecule has 0 fully saturated rings. The molecule has 0 atom stereocenters. The zero-order valence-corrected chi connectivity index (χ0v) is 12.2. The van der Waals surface area contributed by atoms with Crippen LogP contribution in [0.25, 0.3) is 22.5 Å². The molecule has 0 aliphatic heterocycles. The molecule has 0 aliphatic carbocycles. The maximum Gasteiger partial charge on any atom is 0.269 e. The third-order valence-corrected chi connectivity index (χ3v) is 3.67. The fourth-order valence-corrected chi connectivity index (χ4v) is 2.57. The predicted octanol–water partition coefficient (Wildman–Crippen LogP) is 4.41. The average Bonchev–Trinajstić information content (AvgIpc) is 3.18. The van der Waals surface area contributed by atoms with Crippen LogP contribution >= 0.6 is 22.9 Å². The molecule has 0 amide bonds. The van der Waals surface area contributed by atoms with Crippen molar-refractivity contribution < 1.29 is 4.52 Å². The van der Waals surface area contributed by atoms with Crippen LogP contribution in [0.3, 0.4) is 0 Å². The summed E-state index contributed by atoms with van der Waals surface area (Å²) in [6.45, 7) is 0. The Morgan fingerprint density at radius 3 is 3.05 bits per heavy atom. The molecule has 3 aromatic rings. The third-order valence-electron chi connectivity index (χ3n) is 2.72. The zero-order valence-electron chi connectivity index (χ0n) is 10.7. The van der Waals surface area contributed by atoms with Gasteiger partial charge in [-0.25, -0.2) is 0 Å². The molecular formula is C15H8ClN3OS. The van der Waals surface area contributed by atoms with Gasteiger partial charge in [0, 0.05) is 10.9 Å². The van der Waals surface area contributed by atoms with Crippen molar-refractivity contribution in [2.75, 3.05) is 0 Å². The van der Waals surface area contributed by atoms with Crippen molar-refractivity contribution in [1.29, 1.82) is 5.26 Å². The van der Waals surface area contributed by atoms with E-state index in [1.54, 1.807) is 35.6 Å². The Bertz CT molecular complexity index is 831. The van der Waals surface area contributed by atoms with E-state index in [-0.39, 0.29) is 5.89 Å². The lowest BCUT2D eigenvalue weighted by molar-refractivity contribution is 0.410. The van der Waals surface area contributed by atoms with Gasteiger partial charge in [-0.05, 0) is 35.2 Å². The highest BCUT2D eigenvalue weighted by atomic mass is 35.5. The number of halogens is 1. The second kappa shape index (κ2) is 5.92. The molecular weight excluding hydrogens is 306 g/mol. The number of hydrogen-bond acceptors (Lipinski definition) is 5. The first kappa shape index (κ1) is 13.6. The van der Waals surface area contributed by atoms with Gasteiger partial charge in [-0.1, -0.05) is 28.9 Å². The van der Waals surface area contributed by atoms with Crippen LogP contribution < -0.4 is 0 Å². The lowest BCUT2D eigenvalue weighted by Gasteiger charge is -1.95. The lowest BCUT2D eigenvalue weighted by Crippen LogP contribution is -1.81. The maximum atomic E-state index is 8.88. The number of thiophene rings is 1. The first-order chi connectivity index (χ1) is 10.3. The van der Waals surface area contributed by atoms with Crippen molar-refractivity contribution >= 4 is 34.0 Å².